The van der Waals surface area contributed by atoms with Gasteiger partial charge in [0.25, 0.3) is 0 Å². The van der Waals surface area contributed by atoms with Crippen LogP contribution in [0.3, 0.4) is 0 Å². The lowest BCUT2D eigenvalue weighted by Gasteiger charge is -2.17. The largest absolute Gasteiger partial charge is 0.497 e. The highest BCUT2D eigenvalue weighted by Gasteiger charge is 2.11. The first-order valence-electron chi connectivity index (χ1n) is 6.30. The number of ether oxygens (including phenoxy) is 1. The van der Waals surface area contributed by atoms with E-state index in [2.05, 4.69) is 11.2 Å². The molecule has 2 aromatic rings. The van der Waals surface area contributed by atoms with Gasteiger partial charge in [0.1, 0.15) is 11.6 Å². The summed E-state index contributed by atoms with van der Waals surface area (Å²) in [5.41, 5.74) is 2.23. The van der Waals surface area contributed by atoms with Gasteiger partial charge in [-0.15, -0.1) is 6.42 Å². The highest BCUT2D eigenvalue weighted by atomic mass is 19.1. The van der Waals surface area contributed by atoms with Crippen molar-refractivity contribution in [2.75, 3.05) is 12.4 Å². The summed E-state index contributed by atoms with van der Waals surface area (Å²) >= 11 is 0. The van der Waals surface area contributed by atoms with Gasteiger partial charge < -0.3 is 10.1 Å². The Balaban J connectivity index is 2.19. The van der Waals surface area contributed by atoms with Crippen molar-refractivity contribution in [2.24, 2.45) is 0 Å². The lowest BCUT2D eigenvalue weighted by atomic mass is 10.1. The van der Waals surface area contributed by atoms with Gasteiger partial charge in [-0.1, -0.05) is 18.1 Å². The first kappa shape index (κ1) is 14.0. The number of terminal acetylenes is 1. The molecule has 1 atom stereocenters. The molecule has 0 aliphatic rings. The minimum atomic E-state index is -0.294. The van der Waals surface area contributed by atoms with E-state index in [1.54, 1.807) is 12.1 Å². The van der Waals surface area contributed by atoms with E-state index in [0.717, 1.165) is 11.3 Å². The molecular weight excluding hydrogens is 253 g/mol. The van der Waals surface area contributed by atoms with Crippen LogP contribution in [-0.2, 0) is 0 Å². The van der Waals surface area contributed by atoms with Crippen molar-refractivity contribution >= 4 is 5.69 Å². The molecule has 1 unspecified atom stereocenters. The van der Waals surface area contributed by atoms with Crippen LogP contribution < -0.4 is 10.1 Å². The first-order chi connectivity index (χ1) is 9.63. The van der Waals surface area contributed by atoms with E-state index in [-0.39, 0.29) is 11.9 Å². The van der Waals surface area contributed by atoms with Gasteiger partial charge in [-0.25, -0.2) is 4.39 Å². The lowest BCUT2D eigenvalue weighted by Crippen LogP contribution is -2.08. The number of methoxy groups -OCH3 is 1. The molecule has 0 saturated heterocycles. The van der Waals surface area contributed by atoms with Crippen LogP contribution in [0.25, 0.3) is 0 Å². The summed E-state index contributed by atoms with van der Waals surface area (Å²) in [4.78, 5) is 0. The second kappa shape index (κ2) is 6.12. The number of anilines is 1. The highest BCUT2D eigenvalue weighted by Crippen LogP contribution is 2.25. The Morgan fingerprint density at radius 2 is 2.05 bits per heavy atom. The lowest BCUT2D eigenvalue weighted by molar-refractivity contribution is 0.410. The third-order valence-electron chi connectivity index (χ3n) is 3.09. The first-order valence-corrected chi connectivity index (χ1v) is 6.30. The van der Waals surface area contributed by atoms with Gasteiger partial charge in [0.05, 0.1) is 13.2 Å². The zero-order chi connectivity index (χ0) is 14.5. The average Bonchev–Trinajstić information content (AvgIpc) is 2.47. The van der Waals surface area contributed by atoms with Gasteiger partial charge in [-0.05, 0) is 31.2 Å². The molecule has 2 aromatic carbocycles. The number of halogens is 1. The van der Waals surface area contributed by atoms with E-state index in [1.807, 2.05) is 31.2 Å². The van der Waals surface area contributed by atoms with E-state index in [1.165, 1.54) is 13.2 Å². The Kier molecular flexibility index (Phi) is 4.27. The fraction of sp³-hybridized carbons (Fsp3) is 0.176. The van der Waals surface area contributed by atoms with Crippen molar-refractivity contribution in [1.82, 2.24) is 0 Å². The number of rotatable bonds is 4. The van der Waals surface area contributed by atoms with E-state index >= 15 is 0 Å². The van der Waals surface area contributed by atoms with Gasteiger partial charge in [0.2, 0.25) is 0 Å². The normalized spacial score (nSPS) is 11.5. The minimum Gasteiger partial charge on any atom is -0.497 e. The van der Waals surface area contributed by atoms with Crippen LogP contribution in [0.1, 0.15) is 24.1 Å². The fourth-order valence-corrected chi connectivity index (χ4v) is 2.01. The molecule has 0 radical (unpaired) electrons. The maximum Gasteiger partial charge on any atom is 0.132 e. The van der Waals surface area contributed by atoms with Crippen molar-refractivity contribution in [3.63, 3.8) is 0 Å². The Morgan fingerprint density at radius 3 is 2.70 bits per heavy atom. The zero-order valence-electron chi connectivity index (χ0n) is 11.5. The summed E-state index contributed by atoms with van der Waals surface area (Å²) in [6, 6.07) is 12.2. The van der Waals surface area contributed by atoms with Crippen LogP contribution in [0.5, 0.6) is 5.75 Å². The molecule has 0 bridgehead atoms. The quantitative estimate of drug-likeness (QED) is 0.847. The predicted molar refractivity (Wildman–Crippen MR) is 79.4 cm³/mol. The minimum absolute atomic E-state index is 0.172. The van der Waals surface area contributed by atoms with Gasteiger partial charge >= 0.3 is 0 Å². The number of hydrogen-bond acceptors (Lipinski definition) is 2. The molecule has 0 aliphatic carbocycles. The number of nitrogens with one attached hydrogen (secondary N) is 1. The second-order valence-electron chi connectivity index (χ2n) is 4.48. The highest BCUT2D eigenvalue weighted by molar-refractivity contribution is 5.51. The van der Waals surface area contributed by atoms with E-state index in [4.69, 9.17) is 11.2 Å². The Bertz CT molecular complexity index is 646. The molecule has 0 saturated carbocycles. The van der Waals surface area contributed by atoms with Crippen molar-refractivity contribution < 1.29 is 9.13 Å². The van der Waals surface area contributed by atoms with Gasteiger partial charge in [0, 0.05) is 22.9 Å². The molecular formula is C17H16FNO. The zero-order valence-corrected chi connectivity index (χ0v) is 11.5. The van der Waals surface area contributed by atoms with Crippen LogP contribution >= 0.6 is 0 Å². The molecule has 2 nitrogen and oxygen atoms in total. The van der Waals surface area contributed by atoms with E-state index < -0.39 is 0 Å². The SMILES string of the molecule is C#Cc1cccc(NC(C)c2ccc(OC)cc2F)c1. The molecule has 0 heterocycles. The molecule has 0 fully saturated rings. The summed E-state index contributed by atoms with van der Waals surface area (Å²) < 4.78 is 19.0. The molecule has 3 heteroatoms. The summed E-state index contributed by atoms with van der Waals surface area (Å²) in [5.74, 6) is 2.79. The third-order valence-corrected chi connectivity index (χ3v) is 3.09. The smallest absolute Gasteiger partial charge is 0.132 e. The molecule has 0 amide bonds. The summed E-state index contributed by atoms with van der Waals surface area (Å²) in [6.07, 6.45) is 5.37. The topological polar surface area (TPSA) is 21.3 Å². The maximum atomic E-state index is 14.0. The second-order valence-corrected chi connectivity index (χ2v) is 4.48. The number of hydrogen-bond donors (Lipinski definition) is 1. The van der Waals surface area contributed by atoms with Crippen molar-refractivity contribution in [3.8, 4) is 18.1 Å². The molecule has 0 aliphatic heterocycles. The van der Waals surface area contributed by atoms with Gasteiger partial charge in [-0.3, -0.25) is 0 Å². The van der Waals surface area contributed by atoms with Crippen molar-refractivity contribution in [2.45, 2.75) is 13.0 Å². The van der Waals surface area contributed by atoms with Gasteiger partial charge in [-0.2, -0.15) is 0 Å². The monoisotopic (exact) mass is 269 g/mol. The van der Waals surface area contributed by atoms with Crippen LogP contribution in [0, 0.1) is 18.2 Å². The van der Waals surface area contributed by atoms with Crippen LogP contribution in [-0.4, -0.2) is 7.11 Å². The summed E-state index contributed by atoms with van der Waals surface area (Å²) in [7, 11) is 1.52. The molecule has 1 N–H and O–H groups in total. The Morgan fingerprint density at radius 1 is 1.25 bits per heavy atom. The fourth-order valence-electron chi connectivity index (χ4n) is 2.01. The standard InChI is InChI=1S/C17H16FNO/c1-4-13-6-5-7-14(10-13)19-12(2)16-9-8-15(20-3)11-17(16)18/h1,5-12,19H,2-3H3. The van der Waals surface area contributed by atoms with Gasteiger partial charge in [0.15, 0.2) is 0 Å². The average molecular weight is 269 g/mol. The third kappa shape index (κ3) is 3.10. The van der Waals surface area contributed by atoms with Crippen molar-refractivity contribution in [3.05, 3.63) is 59.4 Å². The Labute approximate surface area is 118 Å². The molecule has 102 valence electrons. The Hall–Kier alpha value is -2.47. The summed E-state index contributed by atoms with van der Waals surface area (Å²) in [5, 5.41) is 3.23. The van der Waals surface area contributed by atoms with Crippen LogP contribution in [0.2, 0.25) is 0 Å². The van der Waals surface area contributed by atoms with Crippen LogP contribution in [0.4, 0.5) is 10.1 Å². The maximum absolute atomic E-state index is 14.0. The molecule has 2 rings (SSSR count). The van der Waals surface area contributed by atoms with Crippen molar-refractivity contribution in [1.29, 1.82) is 0 Å². The predicted octanol–water partition coefficient (Wildman–Crippen LogP) is 3.99. The summed E-state index contributed by atoms with van der Waals surface area (Å²) in [6.45, 7) is 1.90. The molecule has 0 spiro atoms. The van der Waals surface area contributed by atoms with Crippen LogP contribution in [0.15, 0.2) is 42.5 Å². The van der Waals surface area contributed by atoms with E-state index in [0.29, 0.717) is 11.3 Å². The van der Waals surface area contributed by atoms with E-state index in [9.17, 15) is 4.39 Å². The molecule has 20 heavy (non-hydrogen) atoms. The number of benzene rings is 2. The molecule has 0 aromatic heterocycles.